The first-order valence-corrected chi connectivity index (χ1v) is 6.62. The Balaban J connectivity index is 1.88. The number of nitrogens with one attached hydrogen (secondary N) is 2. The van der Waals surface area contributed by atoms with Gasteiger partial charge in [-0.05, 0) is 35.4 Å². The fourth-order valence-electron chi connectivity index (χ4n) is 1.95. The molecule has 5 nitrogen and oxygen atoms in total. The van der Waals surface area contributed by atoms with E-state index in [-0.39, 0.29) is 17.4 Å². The normalized spacial score (nSPS) is 10.3. The van der Waals surface area contributed by atoms with Gasteiger partial charge in [0.1, 0.15) is 0 Å². The molecule has 0 saturated carbocycles. The van der Waals surface area contributed by atoms with Crippen molar-refractivity contribution in [1.82, 2.24) is 10.6 Å². The molecule has 0 aliphatic rings. The smallest absolute Gasteiger partial charge is 0.251 e. The van der Waals surface area contributed by atoms with Crippen LogP contribution in [-0.2, 0) is 13.1 Å². The number of rotatable bonds is 5. The van der Waals surface area contributed by atoms with E-state index in [0.29, 0.717) is 18.7 Å². The van der Waals surface area contributed by atoms with Crippen LogP contribution in [0.25, 0.3) is 0 Å². The monoisotopic (exact) mass is 286 g/mol. The van der Waals surface area contributed by atoms with Gasteiger partial charge in [-0.1, -0.05) is 18.2 Å². The van der Waals surface area contributed by atoms with E-state index >= 15 is 0 Å². The molecule has 1 amide bonds. The summed E-state index contributed by atoms with van der Waals surface area (Å²) in [5, 5.41) is 24.5. The Morgan fingerprint density at radius 2 is 1.57 bits per heavy atom. The summed E-state index contributed by atoms with van der Waals surface area (Å²) in [6.45, 7) is 1.22. The molecule has 0 bridgehead atoms. The largest absolute Gasteiger partial charge is 0.504 e. The zero-order valence-corrected chi connectivity index (χ0v) is 11.8. The molecule has 0 spiro atoms. The third-order valence-corrected chi connectivity index (χ3v) is 3.14. The lowest BCUT2D eigenvalue weighted by Gasteiger charge is -2.07. The van der Waals surface area contributed by atoms with Crippen LogP contribution >= 0.6 is 0 Å². The minimum absolute atomic E-state index is 0.103. The predicted octanol–water partition coefficient (Wildman–Crippen LogP) is 1.75. The lowest BCUT2D eigenvalue weighted by molar-refractivity contribution is 0.0963. The van der Waals surface area contributed by atoms with Gasteiger partial charge >= 0.3 is 0 Å². The number of hydrogen-bond acceptors (Lipinski definition) is 4. The predicted molar refractivity (Wildman–Crippen MR) is 80.1 cm³/mol. The maximum absolute atomic E-state index is 11.4. The first-order valence-electron chi connectivity index (χ1n) is 6.62. The average Bonchev–Trinajstić information content (AvgIpc) is 2.51. The summed E-state index contributed by atoms with van der Waals surface area (Å²) in [5.41, 5.74) is 2.57. The second-order valence-corrected chi connectivity index (χ2v) is 4.70. The van der Waals surface area contributed by atoms with E-state index in [4.69, 9.17) is 0 Å². The minimum Gasteiger partial charge on any atom is -0.504 e. The highest BCUT2D eigenvalue weighted by molar-refractivity contribution is 5.93. The van der Waals surface area contributed by atoms with Gasteiger partial charge in [0.05, 0.1) is 0 Å². The van der Waals surface area contributed by atoms with Gasteiger partial charge < -0.3 is 20.8 Å². The van der Waals surface area contributed by atoms with Gasteiger partial charge in [0.15, 0.2) is 11.5 Å². The van der Waals surface area contributed by atoms with Gasteiger partial charge in [-0.3, -0.25) is 4.79 Å². The molecular formula is C16H18N2O3. The van der Waals surface area contributed by atoms with Crippen molar-refractivity contribution in [1.29, 1.82) is 0 Å². The van der Waals surface area contributed by atoms with Crippen LogP contribution in [-0.4, -0.2) is 23.2 Å². The van der Waals surface area contributed by atoms with E-state index in [9.17, 15) is 15.0 Å². The highest BCUT2D eigenvalue weighted by Crippen LogP contribution is 2.24. The van der Waals surface area contributed by atoms with E-state index in [0.717, 1.165) is 11.1 Å². The molecule has 21 heavy (non-hydrogen) atoms. The number of amides is 1. The molecule has 0 atom stereocenters. The Morgan fingerprint density at radius 3 is 2.19 bits per heavy atom. The molecule has 110 valence electrons. The van der Waals surface area contributed by atoms with Gasteiger partial charge in [-0.2, -0.15) is 0 Å². The molecule has 2 aromatic carbocycles. The number of phenols is 2. The molecule has 0 radical (unpaired) electrons. The van der Waals surface area contributed by atoms with E-state index in [1.54, 1.807) is 25.2 Å². The van der Waals surface area contributed by atoms with Gasteiger partial charge in [0.2, 0.25) is 0 Å². The molecular weight excluding hydrogens is 268 g/mol. The van der Waals surface area contributed by atoms with Crippen molar-refractivity contribution in [2.75, 3.05) is 7.05 Å². The van der Waals surface area contributed by atoms with Gasteiger partial charge in [-0.25, -0.2) is 0 Å². The third kappa shape index (κ3) is 3.97. The Morgan fingerprint density at radius 1 is 0.952 bits per heavy atom. The lowest BCUT2D eigenvalue weighted by Crippen LogP contribution is -2.18. The third-order valence-electron chi connectivity index (χ3n) is 3.14. The van der Waals surface area contributed by atoms with Crippen LogP contribution in [0.15, 0.2) is 42.5 Å². The molecule has 0 heterocycles. The Bertz CT molecular complexity index is 624. The summed E-state index contributed by atoms with van der Waals surface area (Å²) in [6.07, 6.45) is 0. The van der Waals surface area contributed by atoms with Crippen molar-refractivity contribution in [3.63, 3.8) is 0 Å². The molecule has 0 saturated heterocycles. The van der Waals surface area contributed by atoms with Crippen molar-refractivity contribution < 1.29 is 15.0 Å². The van der Waals surface area contributed by atoms with Crippen LogP contribution in [0.5, 0.6) is 11.5 Å². The Labute approximate surface area is 123 Å². The Kier molecular flexibility index (Phi) is 4.79. The van der Waals surface area contributed by atoms with Crippen LogP contribution in [0.1, 0.15) is 21.5 Å². The molecule has 0 aliphatic heterocycles. The van der Waals surface area contributed by atoms with E-state index in [1.807, 2.05) is 12.1 Å². The fraction of sp³-hybridized carbons (Fsp3) is 0.188. The second-order valence-electron chi connectivity index (χ2n) is 4.70. The summed E-state index contributed by atoms with van der Waals surface area (Å²) in [7, 11) is 1.60. The second kappa shape index (κ2) is 6.76. The standard InChI is InChI=1S/C16H18N2O3/c1-17-16(21)13-5-2-11(3-6-13)9-18-10-12-4-7-14(19)15(20)8-12/h2-8,18-20H,9-10H2,1H3,(H,17,21). The summed E-state index contributed by atoms with van der Waals surface area (Å²) in [6, 6.07) is 12.1. The molecule has 2 rings (SSSR count). The zero-order chi connectivity index (χ0) is 15.2. The highest BCUT2D eigenvalue weighted by atomic mass is 16.3. The van der Waals surface area contributed by atoms with Crippen molar-refractivity contribution in [3.8, 4) is 11.5 Å². The maximum Gasteiger partial charge on any atom is 0.251 e. The Hall–Kier alpha value is -2.53. The molecule has 0 unspecified atom stereocenters. The van der Waals surface area contributed by atoms with Crippen molar-refractivity contribution in [3.05, 3.63) is 59.2 Å². The number of hydrogen-bond donors (Lipinski definition) is 4. The topological polar surface area (TPSA) is 81.6 Å². The number of benzene rings is 2. The van der Waals surface area contributed by atoms with Crippen LogP contribution < -0.4 is 10.6 Å². The molecule has 2 aromatic rings. The van der Waals surface area contributed by atoms with Crippen LogP contribution in [0.4, 0.5) is 0 Å². The van der Waals surface area contributed by atoms with Crippen molar-refractivity contribution >= 4 is 5.91 Å². The van der Waals surface area contributed by atoms with Crippen LogP contribution in [0.3, 0.4) is 0 Å². The lowest BCUT2D eigenvalue weighted by atomic mass is 10.1. The van der Waals surface area contributed by atoms with Gasteiger partial charge in [0.25, 0.3) is 5.91 Å². The summed E-state index contributed by atoms with van der Waals surface area (Å²) < 4.78 is 0. The quantitative estimate of drug-likeness (QED) is 0.631. The zero-order valence-electron chi connectivity index (χ0n) is 11.8. The SMILES string of the molecule is CNC(=O)c1ccc(CNCc2ccc(O)c(O)c2)cc1. The van der Waals surface area contributed by atoms with E-state index < -0.39 is 0 Å². The maximum atomic E-state index is 11.4. The molecule has 5 heteroatoms. The summed E-state index contributed by atoms with van der Waals surface area (Å²) >= 11 is 0. The first-order chi connectivity index (χ1) is 10.1. The molecule has 0 fully saturated rings. The van der Waals surface area contributed by atoms with Crippen LogP contribution in [0.2, 0.25) is 0 Å². The number of carbonyl (C=O) groups is 1. The highest BCUT2D eigenvalue weighted by Gasteiger charge is 2.03. The fourth-order valence-corrected chi connectivity index (χ4v) is 1.95. The van der Waals surface area contributed by atoms with Crippen molar-refractivity contribution in [2.24, 2.45) is 0 Å². The molecule has 4 N–H and O–H groups in total. The number of carbonyl (C=O) groups excluding carboxylic acids is 1. The minimum atomic E-state index is -0.122. The van der Waals surface area contributed by atoms with Gasteiger partial charge in [-0.15, -0.1) is 0 Å². The average molecular weight is 286 g/mol. The van der Waals surface area contributed by atoms with E-state index in [1.165, 1.54) is 12.1 Å². The first kappa shape index (κ1) is 14.9. The summed E-state index contributed by atoms with van der Waals surface area (Å²) in [4.78, 5) is 11.4. The molecule has 0 aromatic heterocycles. The van der Waals surface area contributed by atoms with E-state index in [2.05, 4.69) is 10.6 Å². The number of phenolic OH excluding ortho intramolecular Hbond substituents is 2. The van der Waals surface area contributed by atoms with Gasteiger partial charge in [0, 0.05) is 25.7 Å². The number of aromatic hydroxyl groups is 2. The van der Waals surface area contributed by atoms with Crippen molar-refractivity contribution in [2.45, 2.75) is 13.1 Å². The molecule has 0 aliphatic carbocycles. The van der Waals surface area contributed by atoms with Crippen LogP contribution in [0, 0.1) is 0 Å². The summed E-state index contributed by atoms with van der Waals surface area (Å²) in [5.74, 6) is -0.346.